The van der Waals surface area contributed by atoms with Crippen molar-refractivity contribution >= 4 is 39.7 Å². The van der Waals surface area contributed by atoms with Crippen LogP contribution < -0.4 is 0 Å². The molecular weight excluding hydrogens is 544 g/mol. The van der Waals surface area contributed by atoms with E-state index in [1.165, 1.54) is 6.34 Å². The van der Waals surface area contributed by atoms with Gasteiger partial charge in [-0.25, -0.2) is 9.78 Å². The number of unbranched alkanes of at least 4 members (excludes halogenated alkanes) is 1. The fourth-order valence-electron chi connectivity index (χ4n) is 4.54. The van der Waals surface area contributed by atoms with Crippen molar-refractivity contribution in [3.8, 4) is 11.1 Å². The van der Waals surface area contributed by atoms with E-state index < -0.39 is 10.0 Å². The molecule has 0 atom stereocenters. The van der Waals surface area contributed by atoms with Gasteiger partial charge in [-0.1, -0.05) is 55.8 Å². The monoisotopic (exact) mass is 580 g/mol. The molecule has 4 rings (SSSR count). The molecule has 0 amide bonds. The number of fused-ring (bicyclic) bond motifs is 1. The summed E-state index contributed by atoms with van der Waals surface area (Å²) in [5, 5.41) is 0.960. The van der Waals surface area contributed by atoms with Crippen LogP contribution in [0.25, 0.3) is 16.7 Å². The van der Waals surface area contributed by atoms with Crippen LogP contribution in [0.15, 0.2) is 68.9 Å². The SMILES string of the molecule is CCCCc1nc2c(n1Cc1ccc(-c3ccccc3S(=O)(=O)N=CN(C)C)cc1)C(=CC(=O)OCC)CCS2. The molecule has 0 spiro atoms. The summed E-state index contributed by atoms with van der Waals surface area (Å²) < 4.78 is 37.1. The van der Waals surface area contributed by atoms with E-state index in [0.717, 1.165) is 64.7 Å². The molecule has 0 unspecified atom stereocenters. The van der Waals surface area contributed by atoms with Gasteiger partial charge in [0.15, 0.2) is 0 Å². The number of benzene rings is 2. The highest BCUT2D eigenvalue weighted by Gasteiger charge is 2.25. The number of rotatable bonds is 11. The number of carbonyl (C=O) groups excluding carboxylic acids is 1. The predicted molar refractivity (Wildman–Crippen MR) is 161 cm³/mol. The fraction of sp³-hybridized carbons (Fsp3) is 0.367. The second-order valence-corrected chi connectivity index (χ2v) is 12.4. The molecule has 0 fully saturated rings. The molecule has 0 aliphatic carbocycles. The number of ether oxygens (including phenoxy) is 1. The van der Waals surface area contributed by atoms with Gasteiger partial charge in [-0.15, -0.1) is 16.2 Å². The normalized spacial score (nSPS) is 14.4. The van der Waals surface area contributed by atoms with Crippen LogP contribution in [0, 0.1) is 0 Å². The Hall–Kier alpha value is -3.37. The average Bonchev–Trinajstić information content (AvgIpc) is 3.29. The molecule has 212 valence electrons. The van der Waals surface area contributed by atoms with Crippen LogP contribution in [0.3, 0.4) is 0 Å². The molecule has 10 heteroatoms. The second kappa shape index (κ2) is 13.3. The molecule has 2 heterocycles. The number of hydrogen-bond donors (Lipinski definition) is 0. The number of sulfonamides is 1. The number of allylic oxidation sites excluding steroid dienone is 1. The number of nitrogens with zero attached hydrogens (tertiary/aromatic N) is 4. The molecule has 0 bridgehead atoms. The van der Waals surface area contributed by atoms with E-state index in [1.807, 2.05) is 30.3 Å². The quantitative estimate of drug-likeness (QED) is 0.125. The second-order valence-electron chi connectivity index (χ2n) is 9.74. The summed E-state index contributed by atoms with van der Waals surface area (Å²) in [5.74, 6) is 1.55. The summed E-state index contributed by atoms with van der Waals surface area (Å²) >= 11 is 1.72. The molecule has 1 aliphatic rings. The first-order chi connectivity index (χ1) is 19.2. The maximum absolute atomic E-state index is 12.9. The van der Waals surface area contributed by atoms with Gasteiger partial charge in [-0.3, -0.25) is 0 Å². The Balaban J connectivity index is 1.69. The minimum atomic E-state index is -3.86. The van der Waals surface area contributed by atoms with Crippen LogP contribution in [-0.4, -0.2) is 61.6 Å². The number of aromatic nitrogens is 2. The largest absolute Gasteiger partial charge is 0.463 e. The van der Waals surface area contributed by atoms with E-state index in [9.17, 15) is 13.2 Å². The first-order valence-corrected chi connectivity index (χ1v) is 15.9. The van der Waals surface area contributed by atoms with Crippen molar-refractivity contribution < 1.29 is 17.9 Å². The Bertz CT molecular complexity index is 1510. The van der Waals surface area contributed by atoms with Crippen LogP contribution >= 0.6 is 11.8 Å². The van der Waals surface area contributed by atoms with E-state index in [2.05, 4.69) is 15.9 Å². The highest BCUT2D eigenvalue weighted by atomic mass is 32.2. The van der Waals surface area contributed by atoms with E-state index in [-0.39, 0.29) is 10.9 Å². The standard InChI is InChI=1S/C30H36N4O4S2/c1-5-7-12-27-32-30-29(24(17-18-39-30)19-28(35)38-6-2)34(27)20-22-13-15-23(16-14-22)25-10-8-9-11-26(25)40(36,37)31-21-33(3)4/h8-11,13-16,19,21H,5-7,12,17-18,20H2,1-4H3. The first-order valence-electron chi connectivity index (χ1n) is 13.5. The zero-order valence-electron chi connectivity index (χ0n) is 23.5. The molecule has 1 aliphatic heterocycles. The van der Waals surface area contributed by atoms with Gasteiger partial charge < -0.3 is 14.2 Å². The van der Waals surface area contributed by atoms with Gasteiger partial charge in [0, 0.05) is 44.5 Å². The predicted octanol–water partition coefficient (Wildman–Crippen LogP) is 5.66. The number of esters is 1. The molecular formula is C30H36N4O4S2. The maximum Gasteiger partial charge on any atom is 0.331 e. The van der Waals surface area contributed by atoms with Gasteiger partial charge in [0.1, 0.15) is 17.2 Å². The molecule has 40 heavy (non-hydrogen) atoms. The van der Waals surface area contributed by atoms with Crippen molar-refractivity contribution in [1.82, 2.24) is 14.5 Å². The summed E-state index contributed by atoms with van der Waals surface area (Å²) in [6, 6.07) is 14.8. The van der Waals surface area contributed by atoms with E-state index >= 15 is 0 Å². The van der Waals surface area contributed by atoms with Crippen LogP contribution in [-0.2, 0) is 32.5 Å². The third-order valence-corrected chi connectivity index (χ3v) is 8.70. The lowest BCUT2D eigenvalue weighted by Gasteiger charge is -2.18. The van der Waals surface area contributed by atoms with Gasteiger partial charge in [0.2, 0.25) is 0 Å². The Morgan fingerprint density at radius 3 is 2.60 bits per heavy atom. The smallest absolute Gasteiger partial charge is 0.331 e. The van der Waals surface area contributed by atoms with Crippen molar-refractivity contribution in [3.05, 3.63) is 71.7 Å². The number of thioether (sulfide) groups is 1. The van der Waals surface area contributed by atoms with Crippen LogP contribution in [0.5, 0.6) is 0 Å². The zero-order valence-corrected chi connectivity index (χ0v) is 25.1. The van der Waals surface area contributed by atoms with Gasteiger partial charge >= 0.3 is 5.97 Å². The minimum absolute atomic E-state index is 0.164. The minimum Gasteiger partial charge on any atom is -0.463 e. The third kappa shape index (κ3) is 7.03. The van der Waals surface area contributed by atoms with Crippen LogP contribution in [0.2, 0.25) is 0 Å². The van der Waals surface area contributed by atoms with Gasteiger partial charge in [0.05, 0.1) is 17.2 Å². The van der Waals surface area contributed by atoms with Gasteiger partial charge in [-0.2, -0.15) is 8.42 Å². The van der Waals surface area contributed by atoms with Crippen LogP contribution in [0.1, 0.15) is 50.2 Å². The van der Waals surface area contributed by atoms with Crippen molar-refractivity contribution in [2.45, 2.75) is 56.0 Å². The van der Waals surface area contributed by atoms with Crippen LogP contribution in [0.4, 0.5) is 0 Å². The number of imidazole rings is 1. The highest BCUT2D eigenvalue weighted by Crippen LogP contribution is 2.38. The average molecular weight is 581 g/mol. The van der Waals surface area contributed by atoms with Crippen molar-refractivity contribution in [1.29, 1.82) is 0 Å². The lowest BCUT2D eigenvalue weighted by atomic mass is 10.0. The third-order valence-electron chi connectivity index (χ3n) is 6.45. The Morgan fingerprint density at radius 2 is 1.90 bits per heavy atom. The maximum atomic E-state index is 12.9. The van der Waals surface area contributed by atoms with E-state index in [1.54, 1.807) is 62.0 Å². The molecule has 8 nitrogen and oxygen atoms in total. The molecule has 0 saturated heterocycles. The fourth-order valence-corrected chi connectivity index (χ4v) is 6.74. The van der Waals surface area contributed by atoms with Gasteiger partial charge in [-0.05, 0) is 42.5 Å². The lowest BCUT2D eigenvalue weighted by Crippen LogP contribution is -2.12. The van der Waals surface area contributed by atoms with Crippen molar-refractivity contribution in [2.75, 3.05) is 26.5 Å². The number of hydrogen-bond acceptors (Lipinski definition) is 6. The number of carbonyl (C=O) groups is 1. The molecule has 0 radical (unpaired) electrons. The Morgan fingerprint density at radius 1 is 1.15 bits per heavy atom. The molecule has 0 saturated carbocycles. The first kappa shape index (κ1) is 29.6. The summed E-state index contributed by atoms with van der Waals surface area (Å²) in [6.07, 6.45) is 6.62. The van der Waals surface area contributed by atoms with E-state index in [0.29, 0.717) is 18.7 Å². The van der Waals surface area contributed by atoms with Crippen molar-refractivity contribution in [2.24, 2.45) is 4.40 Å². The topological polar surface area (TPSA) is 93.9 Å². The number of aryl methyl sites for hydroxylation is 1. The Labute approximate surface area is 241 Å². The summed E-state index contributed by atoms with van der Waals surface area (Å²) in [6.45, 7) is 4.90. The summed E-state index contributed by atoms with van der Waals surface area (Å²) in [4.78, 5) is 19.0. The summed E-state index contributed by atoms with van der Waals surface area (Å²) in [5.41, 5.74) is 4.40. The van der Waals surface area contributed by atoms with Gasteiger partial charge in [0.25, 0.3) is 10.0 Å². The van der Waals surface area contributed by atoms with E-state index in [4.69, 9.17) is 9.72 Å². The zero-order chi connectivity index (χ0) is 28.7. The molecule has 1 aromatic heterocycles. The Kier molecular flexibility index (Phi) is 9.86. The lowest BCUT2D eigenvalue weighted by molar-refractivity contribution is -0.137. The molecule has 3 aromatic rings. The van der Waals surface area contributed by atoms with Crippen molar-refractivity contribution in [3.63, 3.8) is 0 Å². The molecule has 2 aromatic carbocycles. The summed E-state index contributed by atoms with van der Waals surface area (Å²) in [7, 11) is -0.411. The molecule has 0 N–H and O–H groups in total. The highest BCUT2D eigenvalue weighted by molar-refractivity contribution is 7.99.